The highest BCUT2D eigenvalue weighted by atomic mass is 16.5. The Bertz CT molecular complexity index is 590. The van der Waals surface area contributed by atoms with Crippen molar-refractivity contribution >= 4 is 5.97 Å². The molecule has 2 rings (SSSR count). The first-order valence-corrected chi connectivity index (χ1v) is 6.12. The fourth-order valence-electron chi connectivity index (χ4n) is 1.78. The van der Waals surface area contributed by atoms with Crippen molar-refractivity contribution in [1.29, 1.82) is 0 Å². The number of aryl methyl sites for hydroxylation is 1. The number of ether oxygens (including phenoxy) is 1. The van der Waals surface area contributed by atoms with E-state index in [1.54, 1.807) is 26.3 Å². The maximum Gasteiger partial charge on any atom is 0.371 e. The number of hydrogen-bond acceptors (Lipinski definition) is 5. The largest absolute Gasteiger partial charge is 0.481 e. The molecular formula is C14H16N2O4. The summed E-state index contributed by atoms with van der Waals surface area (Å²) in [6.07, 6.45) is 1.73. The first kappa shape index (κ1) is 14.1. The van der Waals surface area contributed by atoms with Crippen LogP contribution in [-0.4, -0.2) is 23.2 Å². The van der Waals surface area contributed by atoms with Crippen molar-refractivity contribution in [3.8, 4) is 5.88 Å². The maximum atomic E-state index is 10.8. The van der Waals surface area contributed by atoms with Gasteiger partial charge in [0.25, 0.3) is 0 Å². The van der Waals surface area contributed by atoms with E-state index in [0.29, 0.717) is 24.7 Å². The van der Waals surface area contributed by atoms with Crippen LogP contribution < -0.4 is 10.1 Å². The molecule has 0 spiro atoms. The average molecular weight is 276 g/mol. The number of carbonyl (C=O) groups is 1. The Labute approximate surface area is 116 Å². The molecular weight excluding hydrogens is 260 g/mol. The lowest BCUT2D eigenvalue weighted by Gasteiger charge is -2.04. The molecule has 2 aromatic rings. The molecule has 0 aliphatic heterocycles. The van der Waals surface area contributed by atoms with Crippen LogP contribution in [0.25, 0.3) is 0 Å². The molecule has 0 bridgehead atoms. The minimum atomic E-state index is -1.06. The summed E-state index contributed by atoms with van der Waals surface area (Å²) in [4.78, 5) is 14.9. The number of aromatic nitrogens is 1. The highest BCUT2D eigenvalue weighted by Crippen LogP contribution is 2.14. The van der Waals surface area contributed by atoms with Crippen molar-refractivity contribution < 1.29 is 19.1 Å². The van der Waals surface area contributed by atoms with E-state index in [4.69, 9.17) is 14.3 Å². The molecule has 0 atom stereocenters. The van der Waals surface area contributed by atoms with Gasteiger partial charge in [-0.15, -0.1) is 0 Å². The number of carboxylic acids is 1. The number of methoxy groups -OCH3 is 1. The van der Waals surface area contributed by atoms with Crippen LogP contribution in [0, 0.1) is 6.92 Å². The van der Waals surface area contributed by atoms with Crippen LogP contribution >= 0.6 is 0 Å². The molecule has 6 nitrogen and oxygen atoms in total. The first-order chi connectivity index (χ1) is 9.60. The van der Waals surface area contributed by atoms with E-state index < -0.39 is 5.97 Å². The molecule has 0 aliphatic carbocycles. The van der Waals surface area contributed by atoms with Crippen LogP contribution in [-0.2, 0) is 13.1 Å². The van der Waals surface area contributed by atoms with Gasteiger partial charge in [0.15, 0.2) is 0 Å². The Morgan fingerprint density at radius 1 is 1.45 bits per heavy atom. The fraction of sp³-hybridized carbons (Fsp3) is 0.286. The summed E-state index contributed by atoms with van der Waals surface area (Å²) in [6, 6.07) is 5.25. The molecule has 2 heterocycles. The Morgan fingerprint density at radius 3 is 2.80 bits per heavy atom. The smallest absolute Gasteiger partial charge is 0.371 e. The van der Waals surface area contributed by atoms with Crippen molar-refractivity contribution in [1.82, 2.24) is 10.3 Å². The molecule has 2 aromatic heterocycles. The van der Waals surface area contributed by atoms with Crippen molar-refractivity contribution in [2.75, 3.05) is 7.11 Å². The van der Waals surface area contributed by atoms with Crippen LogP contribution in [0.2, 0.25) is 0 Å². The molecule has 0 amide bonds. The van der Waals surface area contributed by atoms with E-state index in [1.807, 2.05) is 6.07 Å². The minimum absolute atomic E-state index is 0.0367. The Balaban J connectivity index is 1.90. The third-order valence-electron chi connectivity index (χ3n) is 2.88. The van der Waals surface area contributed by atoms with Crippen molar-refractivity contribution in [2.45, 2.75) is 20.0 Å². The fourth-order valence-corrected chi connectivity index (χ4v) is 1.78. The van der Waals surface area contributed by atoms with Crippen molar-refractivity contribution in [3.05, 3.63) is 47.0 Å². The zero-order chi connectivity index (χ0) is 14.5. The van der Waals surface area contributed by atoms with Gasteiger partial charge in [-0.1, -0.05) is 6.07 Å². The summed E-state index contributed by atoms with van der Waals surface area (Å²) in [5.41, 5.74) is 1.86. The standard InChI is InChI=1S/C14H16N2O4/c1-9-11(5-12(20-9)14(17)18)8-15-6-10-3-4-13(19-2)16-7-10/h3-5,7,15H,6,8H2,1-2H3,(H,17,18). The monoisotopic (exact) mass is 276 g/mol. The molecule has 0 radical (unpaired) electrons. The second-order valence-corrected chi connectivity index (χ2v) is 4.31. The quantitative estimate of drug-likeness (QED) is 0.839. The van der Waals surface area contributed by atoms with Gasteiger partial charge in [-0.05, 0) is 18.6 Å². The second-order valence-electron chi connectivity index (χ2n) is 4.31. The predicted molar refractivity (Wildman–Crippen MR) is 71.7 cm³/mol. The SMILES string of the molecule is COc1ccc(CNCc2cc(C(=O)O)oc2C)cn1. The Kier molecular flexibility index (Phi) is 4.37. The molecule has 0 aliphatic rings. The molecule has 20 heavy (non-hydrogen) atoms. The molecule has 0 unspecified atom stereocenters. The number of furan rings is 1. The summed E-state index contributed by atoms with van der Waals surface area (Å²) in [5, 5.41) is 12.1. The van der Waals surface area contributed by atoms with Crippen LogP contribution in [0.5, 0.6) is 5.88 Å². The molecule has 0 aromatic carbocycles. The topological polar surface area (TPSA) is 84.6 Å². The number of hydrogen-bond donors (Lipinski definition) is 2. The summed E-state index contributed by atoms with van der Waals surface area (Å²) in [7, 11) is 1.57. The van der Waals surface area contributed by atoms with Gasteiger partial charge in [0.05, 0.1) is 7.11 Å². The Hall–Kier alpha value is -2.34. The number of aromatic carboxylic acids is 1. The van der Waals surface area contributed by atoms with Gasteiger partial charge in [-0.25, -0.2) is 9.78 Å². The second kappa shape index (κ2) is 6.21. The summed E-state index contributed by atoms with van der Waals surface area (Å²) < 4.78 is 10.1. The summed E-state index contributed by atoms with van der Waals surface area (Å²) >= 11 is 0. The average Bonchev–Trinajstić information content (AvgIpc) is 2.81. The summed E-state index contributed by atoms with van der Waals surface area (Å²) in [5.74, 6) is 0.0948. The van der Waals surface area contributed by atoms with Crippen LogP contribution in [0.3, 0.4) is 0 Å². The first-order valence-electron chi connectivity index (χ1n) is 6.12. The minimum Gasteiger partial charge on any atom is -0.481 e. The van der Waals surface area contributed by atoms with Gasteiger partial charge in [0, 0.05) is 30.9 Å². The number of rotatable bonds is 6. The third-order valence-corrected chi connectivity index (χ3v) is 2.88. The highest BCUT2D eigenvalue weighted by Gasteiger charge is 2.12. The Morgan fingerprint density at radius 2 is 2.25 bits per heavy atom. The number of carboxylic acid groups (broad SMARTS) is 1. The van der Waals surface area contributed by atoms with E-state index in [9.17, 15) is 4.79 Å². The molecule has 106 valence electrons. The van der Waals surface area contributed by atoms with Gasteiger partial charge in [0.2, 0.25) is 11.6 Å². The maximum absolute atomic E-state index is 10.8. The molecule has 0 fully saturated rings. The van der Waals surface area contributed by atoms with Crippen LogP contribution in [0.1, 0.15) is 27.4 Å². The van der Waals surface area contributed by atoms with Crippen LogP contribution in [0.15, 0.2) is 28.8 Å². The van der Waals surface area contributed by atoms with Gasteiger partial charge in [-0.2, -0.15) is 0 Å². The van der Waals surface area contributed by atoms with Gasteiger partial charge >= 0.3 is 5.97 Å². The van der Waals surface area contributed by atoms with E-state index in [1.165, 1.54) is 6.07 Å². The van der Waals surface area contributed by atoms with Crippen molar-refractivity contribution in [2.24, 2.45) is 0 Å². The van der Waals surface area contributed by atoms with Gasteiger partial charge in [-0.3, -0.25) is 0 Å². The lowest BCUT2D eigenvalue weighted by Crippen LogP contribution is -2.13. The van der Waals surface area contributed by atoms with Crippen LogP contribution in [0.4, 0.5) is 0 Å². The summed E-state index contributed by atoms with van der Waals surface area (Å²) in [6.45, 7) is 2.91. The lowest BCUT2D eigenvalue weighted by molar-refractivity contribution is 0.0661. The number of pyridine rings is 1. The predicted octanol–water partition coefficient (Wildman–Crippen LogP) is 1.98. The zero-order valence-electron chi connectivity index (χ0n) is 11.3. The normalized spacial score (nSPS) is 10.5. The number of nitrogens with one attached hydrogen (secondary N) is 1. The lowest BCUT2D eigenvalue weighted by atomic mass is 10.2. The number of nitrogens with zero attached hydrogens (tertiary/aromatic N) is 1. The molecule has 0 saturated heterocycles. The molecule has 6 heteroatoms. The zero-order valence-corrected chi connectivity index (χ0v) is 11.3. The molecule has 2 N–H and O–H groups in total. The van der Waals surface area contributed by atoms with E-state index in [0.717, 1.165) is 11.1 Å². The van der Waals surface area contributed by atoms with Gasteiger partial charge < -0.3 is 19.6 Å². The van der Waals surface area contributed by atoms with E-state index in [-0.39, 0.29) is 5.76 Å². The van der Waals surface area contributed by atoms with Crippen molar-refractivity contribution in [3.63, 3.8) is 0 Å². The van der Waals surface area contributed by atoms with E-state index in [2.05, 4.69) is 10.3 Å². The van der Waals surface area contributed by atoms with E-state index >= 15 is 0 Å². The third kappa shape index (κ3) is 3.36. The highest BCUT2D eigenvalue weighted by molar-refractivity contribution is 5.84. The molecule has 0 saturated carbocycles. The van der Waals surface area contributed by atoms with Gasteiger partial charge in [0.1, 0.15) is 5.76 Å².